The fourth-order valence-corrected chi connectivity index (χ4v) is 3.23. The lowest BCUT2D eigenvalue weighted by Crippen LogP contribution is -2.49. The summed E-state index contributed by atoms with van der Waals surface area (Å²) in [5.74, 6) is -1.05. The summed E-state index contributed by atoms with van der Waals surface area (Å²) >= 11 is 0. The molecule has 2 aromatic carbocycles. The van der Waals surface area contributed by atoms with Gasteiger partial charge in [0.05, 0.1) is 0 Å². The van der Waals surface area contributed by atoms with E-state index in [1.54, 1.807) is 42.2 Å². The molecule has 30 heavy (non-hydrogen) atoms. The zero-order valence-electron chi connectivity index (χ0n) is 17.6. The van der Waals surface area contributed by atoms with E-state index in [2.05, 4.69) is 4.98 Å². The summed E-state index contributed by atoms with van der Waals surface area (Å²) in [7, 11) is 0. The maximum absolute atomic E-state index is 13.1. The lowest BCUT2D eigenvalue weighted by atomic mass is 10.0. The van der Waals surface area contributed by atoms with Crippen molar-refractivity contribution in [1.82, 2.24) is 9.88 Å². The van der Waals surface area contributed by atoms with Crippen LogP contribution in [0.3, 0.4) is 0 Å². The maximum Gasteiger partial charge on any atom is 0.355 e. The normalized spacial score (nSPS) is 12.4. The molecule has 6 nitrogen and oxygen atoms in total. The minimum Gasteiger partial charge on any atom is -0.448 e. The predicted octanol–water partition coefficient (Wildman–Crippen LogP) is 3.90. The van der Waals surface area contributed by atoms with Gasteiger partial charge in [-0.2, -0.15) is 0 Å². The number of benzene rings is 2. The van der Waals surface area contributed by atoms with Crippen LogP contribution >= 0.6 is 0 Å². The maximum atomic E-state index is 13.1. The molecule has 0 spiro atoms. The average Bonchev–Trinajstić information content (AvgIpc) is 2.71. The highest BCUT2D eigenvalue weighted by molar-refractivity contribution is 5.94. The zero-order chi connectivity index (χ0) is 21.9. The SMILES string of the molecule is C[C@@H](OC(=O)c1cc2ccccc2c(=O)[nH]1)C(=O)N(Cc1ccccc1)C(C)(C)C. The summed E-state index contributed by atoms with van der Waals surface area (Å²) in [6.07, 6.45) is -1.00. The van der Waals surface area contributed by atoms with Crippen LogP contribution in [0.15, 0.2) is 65.5 Å². The Kier molecular flexibility index (Phi) is 6.06. The number of aromatic nitrogens is 1. The second-order valence-corrected chi connectivity index (χ2v) is 8.23. The lowest BCUT2D eigenvalue weighted by molar-refractivity contribution is -0.145. The Morgan fingerprint density at radius 2 is 1.67 bits per heavy atom. The molecular weight excluding hydrogens is 380 g/mol. The summed E-state index contributed by atoms with van der Waals surface area (Å²) in [6.45, 7) is 7.75. The first-order valence-corrected chi connectivity index (χ1v) is 9.85. The second kappa shape index (κ2) is 8.53. The summed E-state index contributed by atoms with van der Waals surface area (Å²) in [5.41, 5.74) is 0.159. The van der Waals surface area contributed by atoms with Crippen molar-refractivity contribution in [3.63, 3.8) is 0 Å². The van der Waals surface area contributed by atoms with Gasteiger partial charge in [-0.1, -0.05) is 48.5 Å². The molecule has 1 N–H and O–H groups in total. The van der Waals surface area contributed by atoms with Gasteiger partial charge in [-0.25, -0.2) is 4.79 Å². The van der Waals surface area contributed by atoms with Crippen molar-refractivity contribution < 1.29 is 14.3 Å². The van der Waals surface area contributed by atoms with Crippen LogP contribution in [0.25, 0.3) is 10.8 Å². The highest BCUT2D eigenvalue weighted by atomic mass is 16.5. The highest BCUT2D eigenvalue weighted by Gasteiger charge is 2.32. The first-order valence-electron chi connectivity index (χ1n) is 9.85. The average molecular weight is 406 g/mol. The van der Waals surface area contributed by atoms with Crippen LogP contribution < -0.4 is 5.56 Å². The Morgan fingerprint density at radius 3 is 2.33 bits per heavy atom. The van der Waals surface area contributed by atoms with E-state index in [9.17, 15) is 14.4 Å². The number of nitrogens with one attached hydrogen (secondary N) is 1. The van der Waals surface area contributed by atoms with E-state index in [4.69, 9.17) is 4.74 Å². The van der Waals surface area contributed by atoms with Crippen molar-refractivity contribution in [2.45, 2.75) is 45.9 Å². The fourth-order valence-electron chi connectivity index (χ4n) is 3.23. The molecular formula is C24H26N2O4. The topological polar surface area (TPSA) is 79.5 Å². The highest BCUT2D eigenvalue weighted by Crippen LogP contribution is 2.20. The summed E-state index contributed by atoms with van der Waals surface area (Å²) in [4.78, 5) is 42.2. The van der Waals surface area contributed by atoms with Crippen molar-refractivity contribution in [2.24, 2.45) is 0 Å². The number of hydrogen-bond donors (Lipinski definition) is 1. The fraction of sp³-hybridized carbons (Fsp3) is 0.292. The molecule has 1 aromatic heterocycles. The molecule has 0 bridgehead atoms. The number of amides is 1. The summed E-state index contributed by atoms with van der Waals surface area (Å²) in [5, 5.41) is 1.12. The Morgan fingerprint density at radius 1 is 1.03 bits per heavy atom. The number of hydrogen-bond acceptors (Lipinski definition) is 4. The van der Waals surface area contributed by atoms with Gasteiger partial charge in [0.15, 0.2) is 6.10 Å². The van der Waals surface area contributed by atoms with Crippen LogP contribution in [0.4, 0.5) is 0 Å². The van der Waals surface area contributed by atoms with Crippen LogP contribution in [0.5, 0.6) is 0 Å². The lowest BCUT2D eigenvalue weighted by Gasteiger charge is -2.37. The third-order valence-corrected chi connectivity index (χ3v) is 4.86. The monoisotopic (exact) mass is 406 g/mol. The standard InChI is InChI=1S/C24H26N2O4/c1-16(22(28)26(24(2,3)4)15-17-10-6-5-7-11-17)30-23(29)20-14-18-12-8-9-13-19(18)21(27)25-20/h5-14,16H,15H2,1-4H3,(H,25,27)/t16-/m1/s1. The number of pyridine rings is 1. The molecule has 0 aliphatic rings. The molecule has 1 amide bonds. The minimum atomic E-state index is -1.00. The zero-order valence-corrected chi connectivity index (χ0v) is 17.6. The van der Waals surface area contributed by atoms with E-state index in [-0.39, 0.29) is 17.2 Å². The molecule has 0 saturated carbocycles. The van der Waals surface area contributed by atoms with Gasteiger partial charge in [-0.3, -0.25) is 9.59 Å². The third-order valence-electron chi connectivity index (χ3n) is 4.86. The van der Waals surface area contributed by atoms with E-state index in [1.165, 1.54) is 0 Å². The number of esters is 1. The van der Waals surface area contributed by atoms with Crippen molar-refractivity contribution in [1.29, 1.82) is 0 Å². The van der Waals surface area contributed by atoms with Crippen LogP contribution in [0.2, 0.25) is 0 Å². The van der Waals surface area contributed by atoms with Gasteiger partial charge < -0.3 is 14.6 Å². The summed E-state index contributed by atoms with van der Waals surface area (Å²) in [6, 6.07) is 18.2. The van der Waals surface area contributed by atoms with Crippen LogP contribution in [-0.4, -0.2) is 33.4 Å². The molecule has 3 aromatic rings. The van der Waals surface area contributed by atoms with Gasteiger partial charge in [0.2, 0.25) is 0 Å². The molecule has 1 heterocycles. The molecule has 0 fully saturated rings. The number of aromatic amines is 1. The van der Waals surface area contributed by atoms with Crippen LogP contribution in [0, 0.1) is 0 Å². The number of H-pyrrole nitrogens is 1. The van der Waals surface area contributed by atoms with Crippen LogP contribution in [-0.2, 0) is 16.1 Å². The van der Waals surface area contributed by atoms with E-state index >= 15 is 0 Å². The van der Waals surface area contributed by atoms with Gasteiger partial charge >= 0.3 is 5.97 Å². The quantitative estimate of drug-likeness (QED) is 0.652. The van der Waals surface area contributed by atoms with E-state index in [0.29, 0.717) is 17.3 Å². The van der Waals surface area contributed by atoms with Crippen molar-refractivity contribution in [2.75, 3.05) is 0 Å². The van der Waals surface area contributed by atoms with Gasteiger partial charge in [0, 0.05) is 17.5 Å². The molecule has 156 valence electrons. The van der Waals surface area contributed by atoms with Gasteiger partial charge in [0.1, 0.15) is 5.69 Å². The number of rotatable bonds is 5. The predicted molar refractivity (Wildman–Crippen MR) is 116 cm³/mol. The van der Waals surface area contributed by atoms with E-state index in [1.807, 2.05) is 51.1 Å². The smallest absolute Gasteiger partial charge is 0.355 e. The van der Waals surface area contributed by atoms with E-state index in [0.717, 1.165) is 5.56 Å². The molecule has 0 aliphatic heterocycles. The number of nitrogens with zero attached hydrogens (tertiary/aromatic N) is 1. The Labute approximate surface area is 175 Å². The molecule has 3 rings (SSSR count). The van der Waals surface area contributed by atoms with Crippen molar-refractivity contribution in [3.8, 4) is 0 Å². The Hall–Kier alpha value is -3.41. The van der Waals surface area contributed by atoms with Gasteiger partial charge in [-0.05, 0) is 50.8 Å². The van der Waals surface area contributed by atoms with Crippen molar-refractivity contribution >= 4 is 22.6 Å². The Balaban J connectivity index is 1.79. The molecule has 6 heteroatoms. The first kappa shape index (κ1) is 21.3. The Bertz CT molecular complexity index is 1110. The molecule has 0 radical (unpaired) electrons. The molecule has 0 aliphatic carbocycles. The van der Waals surface area contributed by atoms with Crippen LogP contribution in [0.1, 0.15) is 43.7 Å². The third kappa shape index (κ3) is 4.76. The van der Waals surface area contributed by atoms with Gasteiger partial charge in [-0.15, -0.1) is 0 Å². The first-order chi connectivity index (χ1) is 14.2. The second-order valence-electron chi connectivity index (χ2n) is 8.23. The largest absolute Gasteiger partial charge is 0.448 e. The summed E-state index contributed by atoms with van der Waals surface area (Å²) < 4.78 is 5.42. The van der Waals surface area contributed by atoms with Crippen molar-refractivity contribution in [3.05, 3.63) is 82.3 Å². The molecule has 1 atom stereocenters. The number of ether oxygens (including phenoxy) is 1. The number of fused-ring (bicyclic) bond motifs is 1. The molecule has 0 unspecified atom stereocenters. The molecule has 0 saturated heterocycles. The van der Waals surface area contributed by atoms with Gasteiger partial charge in [0.25, 0.3) is 11.5 Å². The van der Waals surface area contributed by atoms with E-state index < -0.39 is 17.6 Å². The number of carbonyl (C=O) groups excluding carboxylic acids is 2. The minimum absolute atomic E-state index is 0.0173. The number of carbonyl (C=O) groups is 2.